The van der Waals surface area contributed by atoms with E-state index in [9.17, 15) is 14.0 Å². The highest BCUT2D eigenvalue weighted by atomic mass is 35.5. The largest absolute Gasteiger partial charge is 0.482 e. The summed E-state index contributed by atoms with van der Waals surface area (Å²) in [5, 5.41) is 5.06. The fourth-order valence-electron chi connectivity index (χ4n) is 1.80. The van der Waals surface area contributed by atoms with Crippen LogP contribution in [0.1, 0.15) is 6.92 Å². The summed E-state index contributed by atoms with van der Waals surface area (Å²) < 4.78 is 18.4. The van der Waals surface area contributed by atoms with E-state index < -0.39 is 11.7 Å². The molecule has 2 aromatic rings. The molecule has 0 atom stereocenters. The van der Waals surface area contributed by atoms with Crippen LogP contribution in [-0.4, -0.2) is 18.4 Å². The van der Waals surface area contributed by atoms with Gasteiger partial charge >= 0.3 is 0 Å². The number of halogens is 2. The first-order valence-electron chi connectivity index (χ1n) is 6.70. The zero-order valence-electron chi connectivity index (χ0n) is 12.2. The van der Waals surface area contributed by atoms with E-state index in [-0.39, 0.29) is 17.5 Å². The molecular weight excluding hydrogens is 323 g/mol. The van der Waals surface area contributed by atoms with Gasteiger partial charge in [0.1, 0.15) is 11.6 Å². The maximum atomic E-state index is 13.1. The maximum Gasteiger partial charge on any atom is 0.262 e. The van der Waals surface area contributed by atoms with E-state index in [1.54, 1.807) is 24.3 Å². The van der Waals surface area contributed by atoms with Crippen molar-refractivity contribution in [3.8, 4) is 5.75 Å². The van der Waals surface area contributed by atoms with Crippen LogP contribution in [0.3, 0.4) is 0 Å². The van der Waals surface area contributed by atoms with Gasteiger partial charge in [-0.2, -0.15) is 0 Å². The lowest BCUT2D eigenvalue weighted by Crippen LogP contribution is -2.20. The number of carbonyl (C=O) groups excluding carboxylic acids is 2. The average molecular weight is 337 g/mol. The lowest BCUT2D eigenvalue weighted by Gasteiger charge is -2.11. The fraction of sp³-hybridized carbons (Fsp3) is 0.125. The minimum Gasteiger partial charge on any atom is -0.482 e. The molecule has 0 saturated carbocycles. The third-order valence-electron chi connectivity index (χ3n) is 2.76. The van der Waals surface area contributed by atoms with Gasteiger partial charge in [-0.15, -0.1) is 0 Å². The monoisotopic (exact) mass is 336 g/mol. The second-order valence-corrected chi connectivity index (χ2v) is 5.05. The second kappa shape index (κ2) is 7.60. The Labute approximate surface area is 137 Å². The fourth-order valence-corrected chi connectivity index (χ4v) is 1.98. The molecule has 2 aromatic carbocycles. The lowest BCUT2D eigenvalue weighted by molar-refractivity contribution is -0.118. The highest BCUT2D eigenvalue weighted by Gasteiger charge is 2.09. The molecule has 0 saturated heterocycles. The number of para-hydroxylation sites is 2. The Kier molecular flexibility index (Phi) is 5.54. The summed E-state index contributed by atoms with van der Waals surface area (Å²) in [5.74, 6) is -0.878. The minimum atomic E-state index is -0.565. The molecule has 0 aliphatic heterocycles. The molecule has 0 heterocycles. The molecule has 0 spiro atoms. The summed E-state index contributed by atoms with van der Waals surface area (Å²) in [6, 6.07) is 10.6. The number of nitrogens with one attached hydrogen (secondary N) is 2. The predicted octanol–water partition coefficient (Wildman–Crippen LogP) is 3.46. The van der Waals surface area contributed by atoms with Gasteiger partial charge < -0.3 is 15.4 Å². The Morgan fingerprint density at radius 3 is 2.61 bits per heavy atom. The van der Waals surface area contributed by atoms with Crippen LogP contribution < -0.4 is 15.4 Å². The van der Waals surface area contributed by atoms with Crippen LogP contribution >= 0.6 is 11.6 Å². The topological polar surface area (TPSA) is 67.4 Å². The van der Waals surface area contributed by atoms with Crippen LogP contribution in [0.5, 0.6) is 5.75 Å². The van der Waals surface area contributed by atoms with Crippen molar-refractivity contribution in [3.63, 3.8) is 0 Å². The summed E-state index contributed by atoms with van der Waals surface area (Å²) >= 11 is 5.64. The highest BCUT2D eigenvalue weighted by Crippen LogP contribution is 2.24. The van der Waals surface area contributed by atoms with Gasteiger partial charge in [-0.05, 0) is 30.3 Å². The van der Waals surface area contributed by atoms with Crippen molar-refractivity contribution >= 4 is 34.8 Å². The number of carbonyl (C=O) groups is 2. The van der Waals surface area contributed by atoms with Gasteiger partial charge in [0.15, 0.2) is 6.61 Å². The van der Waals surface area contributed by atoms with E-state index >= 15 is 0 Å². The Morgan fingerprint density at radius 2 is 1.91 bits per heavy atom. The van der Waals surface area contributed by atoms with Gasteiger partial charge in [0.2, 0.25) is 5.91 Å². The maximum absolute atomic E-state index is 13.1. The van der Waals surface area contributed by atoms with E-state index in [1.165, 1.54) is 19.1 Å². The van der Waals surface area contributed by atoms with Crippen molar-refractivity contribution in [2.75, 3.05) is 17.2 Å². The first kappa shape index (κ1) is 16.8. The predicted molar refractivity (Wildman–Crippen MR) is 86.3 cm³/mol. The molecule has 0 bridgehead atoms. The van der Waals surface area contributed by atoms with Gasteiger partial charge in [0.05, 0.1) is 10.7 Å². The van der Waals surface area contributed by atoms with Gasteiger partial charge in [0, 0.05) is 12.6 Å². The zero-order valence-corrected chi connectivity index (χ0v) is 13.0. The quantitative estimate of drug-likeness (QED) is 0.878. The van der Waals surface area contributed by atoms with Crippen LogP contribution in [-0.2, 0) is 9.59 Å². The first-order chi connectivity index (χ1) is 11.0. The van der Waals surface area contributed by atoms with Gasteiger partial charge in [-0.25, -0.2) is 4.39 Å². The SMILES string of the molecule is CC(=O)Nc1ccccc1OCC(=O)Nc1ccc(F)c(Cl)c1. The number of ether oxygens (including phenoxy) is 1. The van der Waals surface area contributed by atoms with E-state index in [4.69, 9.17) is 16.3 Å². The van der Waals surface area contributed by atoms with E-state index in [2.05, 4.69) is 10.6 Å². The lowest BCUT2D eigenvalue weighted by atomic mass is 10.3. The van der Waals surface area contributed by atoms with Gasteiger partial charge in [-0.1, -0.05) is 23.7 Å². The van der Waals surface area contributed by atoms with Crippen molar-refractivity contribution in [1.82, 2.24) is 0 Å². The van der Waals surface area contributed by atoms with Crippen LogP contribution in [0.2, 0.25) is 5.02 Å². The van der Waals surface area contributed by atoms with Crippen molar-refractivity contribution < 1.29 is 18.7 Å². The number of benzene rings is 2. The Bertz CT molecular complexity index is 737. The van der Waals surface area contributed by atoms with E-state index in [1.807, 2.05) is 0 Å². The normalized spacial score (nSPS) is 10.0. The van der Waals surface area contributed by atoms with Crippen molar-refractivity contribution in [2.24, 2.45) is 0 Å². The number of hydrogen-bond acceptors (Lipinski definition) is 3. The molecule has 0 aliphatic rings. The van der Waals surface area contributed by atoms with Crippen molar-refractivity contribution in [1.29, 1.82) is 0 Å². The van der Waals surface area contributed by atoms with Crippen LogP contribution in [0.15, 0.2) is 42.5 Å². The van der Waals surface area contributed by atoms with Crippen molar-refractivity contribution in [2.45, 2.75) is 6.92 Å². The first-order valence-corrected chi connectivity index (χ1v) is 7.08. The van der Waals surface area contributed by atoms with Crippen molar-refractivity contribution in [3.05, 3.63) is 53.3 Å². The molecule has 7 heteroatoms. The molecule has 0 fully saturated rings. The van der Waals surface area contributed by atoms with Gasteiger partial charge in [0.25, 0.3) is 5.91 Å². The third-order valence-corrected chi connectivity index (χ3v) is 3.05. The van der Waals surface area contributed by atoms with Crippen LogP contribution in [0.25, 0.3) is 0 Å². The number of anilines is 2. The molecule has 2 N–H and O–H groups in total. The standard InChI is InChI=1S/C16H14ClFN2O3/c1-10(21)19-14-4-2-3-5-15(14)23-9-16(22)20-11-6-7-13(18)12(17)8-11/h2-8H,9H2,1H3,(H,19,21)(H,20,22). The van der Waals surface area contributed by atoms with Crippen LogP contribution in [0.4, 0.5) is 15.8 Å². The summed E-state index contributed by atoms with van der Waals surface area (Å²) in [5.41, 5.74) is 0.831. The molecular formula is C16H14ClFN2O3. The molecule has 5 nitrogen and oxygen atoms in total. The number of rotatable bonds is 5. The molecule has 2 rings (SSSR count). The summed E-state index contributed by atoms with van der Waals surface area (Å²) in [7, 11) is 0. The van der Waals surface area contributed by atoms with E-state index in [0.717, 1.165) is 6.07 Å². The smallest absolute Gasteiger partial charge is 0.262 e. The van der Waals surface area contributed by atoms with E-state index in [0.29, 0.717) is 17.1 Å². The zero-order chi connectivity index (χ0) is 16.8. The van der Waals surface area contributed by atoms with Gasteiger partial charge in [-0.3, -0.25) is 9.59 Å². The molecule has 0 aromatic heterocycles. The molecule has 23 heavy (non-hydrogen) atoms. The molecule has 0 radical (unpaired) electrons. The summed E-state index contributed by atoms with van der Waals surface area (Å²) in [6.45, 7) is 1.10. The summed E-state index contributed by atoms with van der Waals surface area (Å²) in [4.78, 5) is 23.0. The third kappa shape index (κ3) is 4.96. The Morgan fingerprint density at radius 1 is 1.17 bits per heavy atom. The number of hydrogen-bond donors (Lipinski definition) is 2. The molecule has 0 unspecified atom stereocenters. The average Bonchev–Trinajstić information content (AvgIpc) is 2.49. The highest BCUT2D eigenvalue weighted by molar-refractivity contribution is 6.31. The molecule has 2 amide bonds. The second-order valence-electron chi connectivity index (χ2n) is 4.64. The molecule has 120 valence electrons. The number of amides is 2. The molecule has 0 aliphatic carbocycles. The minimum absolute atomic E-state index is 0.0836. The Balaban J connectivity index is 1.96. The summed E-state index contributed by atoms with van der Waals surface area (Å²) in [6.07, 6.45) is 0. The Hall–Kier alpha value is -2.60. The van der Waals surface area contributed by atoms with Crippen LogP contribution in [0, 0.1) is 5.82 Å².